The van der Waals surface area contributed by atoms with Crippen molar-refractivity contribution in [2.24, 2.45) is 0 Å². The summed E-state index contributed by atoms with van der Waals surface area (Å²) in [5.41, 5.74) is 0.947. The van der Waals surface area contributed by atoms with Gasteiger partial charge in [-0.05, 0) is 12.1 Å². The van der Waals surface area contributed by atoms with Crippen molar-refractivity contribution in [2.75, 3.05) is 12.4 Å². The average molecular weight is 214 g/mol. The van der Waals surface area contributed by atoms with Gasteiger partial charge in [0.05, 0.1) is 12.8 Å². The van der Waals surface area contributed by atoms with E-state index in [0.29, 0.717) is 5.16 Å². The van der Waals surface area contributed by atoms with Crippen LogP contribution < -0.4 is 10.1 Å². The quantitative estimate of drug-likeness (QED) is 0.724. The van der Waals surface area contributed by atoms with Crippen molar-refractivity contribution in [1.29, 1.82) is 0 Å². The minimum absolute atomic E-state index is 0.627. The van der Waals surface area contributed by atoms with E-state index in [1.54, 1.807) is 18.9 Å². The smallest absolute Gasteiger partial charge is 0.143 e. The van der Waals surface area contributed by atoms with Gasteiger partial charge < -0.3 is 10.1 Å². The van der Waals surface area contributed by atoms with Gasteiger partial charge in [0.25, 0.3) is 0 Å². The van der Waals surface area contributed by atoms with Crippen LogP contribution >= 0.6 is 23.4 Å². The van der Waals surface area contributed by atoms with Crippen LogP contribution in [0.1, 0.15) is 0 Å². The summed E-state index contributed by atoms with van der Waals surface area (Å²) in [4.78, 5) is 1.13. The molecular weight excluding hydrogens is 206 g/mol. The molecule has 2 nitrogen and oxygen atoms in total. The van der Waals surface area contributed by atoms with E-state index in [2.05, 4.69) is 5.32 Å². The van der Waals surface area contributed by atoms with Gasteiger partial charge in [-0.15, -0.1) is 0 Å². The van der Waals surface area contributed by atoms with Gasteiger partial charge in [0, 0.05) is 10.3 Å². The number of para-hydroxylation sites is 1. The van der Waals surface area contributed by atoms with Crippen molar-refractivity contribution in [3.63, 3.8) is 0 Å². The fourth-order valence-corrected chi connectivity index (χ4v) is 2.11. The van der Waals surface area contributed by atoms with Crippen LogP contribution in [0.4, 0.5) is 5.69 Å². The molecule has 13 heavy (non-hydrogen) atoms. The lowest BCUT2D eigenvalue weighted by Crippen LogP contribution is -2.01. The first-order valence-electron chi connectivity index (χ1n) is 3.77. The molecule has 0 fully saturated rings. The molecule has 0 aliphatic carbocycles. The molecule has 0 aromatic heterocycles. The first kappa shape index (κ1) is 8.78. The molecule has 1 N–H and O–H groups in total. The molecule has 0 amide bonds. The van der Waals surface area contributed by atoms with E-state index in [0.717, 1.165) is 16.3 Å². The maximum Gasteiger partial charge on any atom is 0.143 e. The van der Waals surface area contributed by atoms with E-state index in [1.165, 1.54) is 0 Å². The van der Waals surface area contributed by atoms with Crippen molar-refractivity contribution >= 4 is 29.1 Å². The number of nitrogens with one attached hydrogen (secondary N) is 1. The second-order valence-corrected chi connectivity index (χ2v) is 3.86. The molecule has 0 bridgehead atoms. The number of halogens is 1. The highest BCUT2D eigenvalue weighted by Gasteiger charge is 2.13. The van der Waals surface area contributed by atoms with Crippen LogP contribution in [0.3, 0.4) is 0 Å². The zero-order chi connectivity index (χ0) is 9.26. The van der Waals surface area contributed by atoms with Crippen molar-refractivity contribution in [3.05, 3.63) is 28.8 Å². The normalized spacial score (nSPS) is 14.2. The lowest BCUT2D eigenvalue weighted by molar-refractivity contribution is 0.416. The molecule has 0 radical (unpaired) electrons. The summed E-state index contributed by atoms with van der Waals surface area (Å²) in [6.07, 6.45) is 0. The molecule has 0 atom stereocenters. The molecule has 2 rings (SSSR count). The molecule has 1 aliphatic heterocycles. The first-order valence-corrected chi connectivity index (χ1v) is 5.03. The first-order chi connectivity index (χ1) is 6.31. The number of fused-ring (bicyclic) bond motifs is 1. The maximum atomic E-state index is 5.85. The number of thioether (sulfide) groups is 1. The summed E-state index contributed by atoms with van der Waals surface area (Å²) >= 11 is 7.44. The van der Waals surface area contributed by atoms with E-state index in [9.17, 15) is 0 Å². The van der Waals surface area contributed by atoms with Crippen LogP contribution in [-0.4, -0.2) is 7.11 Å². The van der Waals surface area contributed by atoms with E-state index in [1.807, 2.05) is 23.6 Å². The molecule has 0 spiro atoms. The van der Waals surface area contributed by atoms with Gasteiger partial charge >= 0.3 is 0 Å². The Hall–Kier alpha value is -0.800. The molecule has 1 aromatic carbocycles. The Morgan fingerprint density at radius 2 is 2.31 bits per heavy atom. The highest BCUT2D eigenvalue weighted by atomic mass is 35.5. The number of rotatable bonds is 1. The summed E-state index contributed by atoms with van der Waals surface area (Å²) < 4.78 is 5.20. The third-order valence-corrected chi connectivity index (χ3v) is 3.02. The number of ether oxygens (including phenoxy) is 1. The van der Waals surface area contributed by atoms with Gasteiger partial charge in [-0.25, -0.2) is 0 Å². The average Bonchev–Trinajstić information content (AvgIpc) is 2.17. The minimum atomic E-state index is 0.627. The number of hydrogen-bond acceptors (Lipinski definition) is 3. The Morgan fingerprint density at radius 3 is 3.08 bits per heavy atom. The number of hydrogen-bond donors (Lipinski definition) is 1. The Labute approximate surface area is 85.9 Å². The van der Waals surface area contributed by atoms with Crippen LogP contribution in [-0.2, 0) is 0 Å². The van der Waals surface area contributed by atoms with Gasteiger partial charge in [-0.2, -0.15) is 0 Å². The number of anilines is 1. The molecule has 0 saturated carbocycles. The van der Waals surface area contributed by atoms with Gasteiger partial charge in [0.15, 0.2) is 0 Å². The Morgan fingerprint density at radius 1 is 1.46 bits per heavy atom. The second kappa shape index (κ2) is 3.52. The Balaban J connectivity index is 2.46. The molecule has 0 unspecified atom stereocenters. The zero-order valence-electron chi connectivity index (χ0n) is 7.00. The van der Waals surface area contributed by atoms with Crippen LogP contribution in [0.5, 0.6) is 5.75 Å². The summed E-state index contributed by atoms with van der Waals surface area (Å²) in [6.45, 7) is 0. The summed E-state index contributed by atoms with van der Waals surface area (Å²) in [5, 5.41) is 5.55. The molecular formula is C9H8ClNOS. The molecule has 1 heterocycles. The van der Waals surface area contributed by atoms with E-state index < -0.39 is 0 Å². The second-order valence-electron chi connectivity index (χ2n) is 2.54. The summed E-state index contributed by atoms with van der Waals surface area (Å²) in [5.74, 6) is 0.816. The fourth-order valence-electron chi connectivity index (χ4n) is 1.17. The van der Waals surface area contributed by atoms with Crippen LogP contribution in [0.2, 0.25) is 0 Å². The van der Waals surface area contributed by atoms with E-state index in [-0.39, 0.29) is 0 Å². The van der Waals surface area contributed by atoms with Gasteiger partial charge in [0.1, 0.15) is 10.9 Å². The predicted molar refractivity (Wildman–Crippen MR) is 56.4 cm³/mol. The lowest BCUT2D eigenvalue weighted by atomic mass is 10.3. The molecule has 0 saturated heterocycles. The Bertz CT molecular complexity index is 365. The third kappa shape index (κ3) is 1.62. The summed E-state index contributed by atoms with van der Waals surface area (Å²) in [6, 6.07) is 5.89. The van der Waals surface area contributed by atoms with E-state index >= 15 is 0 Å². The van der Waals surface area contributed by atoms with Crippen LogP contribution in [0.25, 0.3) is 0 Å². The monoisotopic (exact) mass is 213 g/mol. The Kier molecular flexibility index (Phi) is 2.38. The number of methoxy groups -OCH3 is 1. The van der Waals surface area contributed by atoms with Gasteiger partial charge in [-0.1, -0.05) is 29.4 Å². The van der Waals surface area contributed by atoms with Crippen molar-refractivity contribution in [3.8, 4) is 5.75 Å². The van der Waals surface area contributed by atoms with Gasteiger partial charge in [-0.3, -0.25) is 0 Å². The zero-order valence-corrected chi connectivity index (χ0v) is 8.58. The maximum absolute atomic E-state index is 5.85. The molecule has 68 valence electrons. The van der Waals surface area contributed by atoms with Crippen LogP contribution in [0.15, 0.2) is 33.7 Å². The highest BCUT2D eigenvalue weighted by molar-refractivity contribution is 8.02. The van der Waals surface area contributed by atoms with E-state index in [4.69, 9.17) is 16.3 Å². The summed E-state index contributed by atoms with van der Waals surface area (Å²) in [7, 11) is 1.65. The molecule has 4 heteroatoms. The SMILES string of the molecule is COc1cccc2c1NC(Cl)=CS2. The predicted octanol–water partition coefficient (Wildman–Crippen LogP) is 3.25. The van der Waals surface area contributed by atoms with Crippen molar-refractivity contribution in [1.82, 2.24) is 0 Å². The topological polar surface area (TPSA) is 21.3 Å². The number of benzene rings is 1. The van der Waals surface area contributed by atoms with Crippen molar-refractivity contribution in [2.45, 2.75) is 4.90 Å². The van der Waals surface area contributed by atoms with Crippen molar-refractivity contribution < 1.29 is 4.74 Å². The standard InChI is InChI=1S/C9H8ClNOS/c1-12-6-3-2-4-7-9(6)11-8(10)5-13-7/h2-5,11H,1H3. The lowest BCUT2D eigenvalue weighted by Gasteiger charge is -2.17. The molecule has 1 aliphatic rings. The minimum Gasteiger partial charge on any atom is -0.495 e. The highest BCUT2D eigenvalue weighted by Crippen LogP contribution is 2.40. The third-order valence-electron chi connectivity index (χ3n) is 1.74. The fraction of sp³-hybridized carbons (Fsp3) is 0.111. The molecule has 1 aromatic rings. The van der Waals surface area contributed by atoms with Gasteiger partial charge in [0.2, 0.25) is 0 Å². The van der Waals surface area contributed by atoms with Crippen LogP contribution in [0, 0.1) is 0 Å². The largest absolute Gasteiger partial charge is 0.495 e.